The van der Waals surface area contributed by atoms with Gasteiger partial charge >= 0.3 is 0 Å². The lowest BCUT2D eigenvalue weighted by Crippen LogP contribution is -2.07. The second-order valence-corrected chi connectivity index (χ2v) is 6.64. The van der Waals surface area contributed by atoms with E-state index in [4.69, 9.17) is 20.9 Å². The predicted molar refractivity (Wildman–Crippen MR) is 99.2 cm³/mol. The van der Waals surface area contributed by atoms with Gasteiger partial charge in [-0.3, -0.25) is 0 Å². The summed E-state index contributed by atoms with van der Waals surface area (Å²) in [7, 11) is 0. The quantitative estimate of drug-likeness (QED) is 0.666. The van der Waals surface area contributed by atoms with Gasteiger partial charge in [-0.05, 0) is 36.6 Å². The summed E-state index contributed by atoms with van der Waals surface area (Å²) in [5, 5.41) is 7.56. The van der Waals surface area contributed by atoms with Gasteiger partial charge in [0.05, 0.1) is 12.2 Å². The molecule has 7 nitrogen and oxygen atoms in total. The maximum atomic E-state index is 6.26. The van der Waals surface area contributed by atoms with Gasteiger partial charge in [0.15, 0.2) is 5.82 Å². The summed E-state index contributed by atoms with van der Waals surface area (Å²) in [5.41, 5.74) is 1.65. The molecule has 0 atom stereocenters. The van der Waals surface area contributed by atoms with Crippen molar-refractivity contribution in [2.24, 2.45) is 5.92 Å². The summed E-state index contributed by atoms with van der Waals surface area (Å²) >= 11 is 6.26. The third kappa shape index (κ3) is 4.49. The highest BCUT2D eigenvalue weighted by Gasteiger charge is 2.13. The summed E-state index contributed by atoms with van der Waals surface area (Å²) in [4.78, 5) is 12.9. The molecule has 3 aromatic heterocycles. The third-order valence-corrected chi connectivity index (χ3v) is 3.71. The lowest BCUT2D eigenvalue weighted by Gasteiger charge is -2.11. The van der Waals surface area contributed by atoms with E-state index in [0.717, 1.165) is 11.1 Å². The van der Waals surface area contributed by atoms with Gasteiger partial charge in [-0.2, -0.15) is 4.98 Å². The van der Waals surface area contributed by atoms with Crippen LogP contribution in [0.2, 0.25) is 5.02 Å². The van der Waals surface area contributed by atoms with Crippen LogP contribution in [0, 0.1) is 12.8 Å². The van der Waals surface area contributed by atoms with Crippen LogP contribution in [0.25, 0.3) is 11.5 Å². The van der Waals surface area contributed by atoms with Crippen molar-refractivity contribution in [1.29, 1.82) is 0 Å². The number of aromatic nitrogens is 4. The lowest BCUT2D eigenvalue weighted by atomic mass is 10.2. The standard InChI is InChI=1S/C18H20ClN5O2/c1-11(2)10-25-18-15(19)7-13(9-22-18)8-21-16-14(5-4-6-20-16)17-23-12(3)24-26-17/h4-7,9,11H,8,10H2,1-3H3,(H,20,21). The average Bonchev–Trinajstić information content (AvgIpc) is 3.05. The molecule has 0 aliphatic heterocycles. The Balaban J connectivity index is 1.71. The van der Waals surface area contributed by atoms with Gasteiger partial charge in [0.1, 0.15) is 10.8 Å². The number of nitrogens with zero attached hydrogens (tertiary/aromatic N) is 4. The molecule has 1 N–H and O–H groups in total. The maximum absolute atomic E-state index is 6.26. The van der Waals surface area contributed by atoms with E-state index in [9.17, 15) is 0 Å². The average molecular weight is 374 g/mol. The SMILES string of the molecule is Cc1noc(-c2cccnc2NCc2cnc(OCC(C)C)c(Cl)c2)n1. The van der Waals surface area contributed by atoms with Crippen molar-refractivity contribution in [3.63, 3.8) is 0 Å². The molecule has 0 aromatic carbocycles. The van der Waals surface area contributed by atoms with E-state index in [-0.39, 0.29) is 0 Å². The first-order valence-corrected chi connectivity index (χ1v) is 8.67. The van der Waals surface area contributed by atoms with Crippen molar-refractivity contribution in [3.05, 3.63) is 47.0 Å². The summed E-state index contributed by atoms with van der Waals surface area (Å²) in [6, 6.07) is 5.52. The van der Waals surface area contributed by atoms with Gasteiger partial charge in [0, 0.05) is 18.9 Å². The third-order valence-electron chi connectivity index (χ3n) is 3.44. The Hall–Kier alpha value is -2.67. The maximum Gasteiger partial charge on any atom is 0.261 e. The largest absolute Gasteiger partial charge is 0.476 e. The van der Waals surface area contributed by atoms with Crippen molar-refractivity contribution in [1.82, 2.24) is 20.1 Å². The Morgan fingerprint density at radius 1 is 1.31 bits per heavy atom. The van der Waals surface area contributed by atoms with Gasteiger partial charge in [0.25, 0.3) is 5.89 Å². The number of hydrogen-bond acceptors (Lipinski definition) is 7. The van der Waals surface area contributed by atoms with Gasteiger partial charge in [-0.25, -0.2) is 9.97 Å². The number of ether oxygens (including phenoxy) is 1. The highest BCUT2D eigenvalue weighted by atomic mass is 35.5. The molecule has 0 bridgehead atoms. The zero-order valence-corrected chi connectivity index (χ0v) is 15.6. The molecule has 0 aliphatic carbocycles. The van der Waals surface area contributed by atoms with Crippen LogP contribution in [0.3, 0.4) is 0 Å². The molecular weight excluding hydrogens is 354 g/mol. The summed E-state index contributed by atoms with van der Waals surface area (Å²) in [6.45, 7) is 6.98. The van der Waals surface area contributed by atoms with Crippen molar-refractivity contribution < 1.29 is 9.26 Å². The molecular formula is C18H20ClN5O2. The molecule has 0 saturated carbocycles. The molecule has 0 saturated heterocycles. The van der Waals surface area contributed by atoms with Crippen molar-refractivity contribution in [2.75, 3.05) is 11.9 Å². The fraction of sp³-hybridized carbons (Fsp3) is 0.333. The zero-order chi connectivity index (χ0) is 18.5. The Bertz CT molecular complexity index is 882. The van der Waals surface area contributed by atoms with Crippen LogP contribution in [0.5, 0.6) is 5.88 Å². The second kappa shape index (κ2) is 8.14. The van der Waals surface area contributed by atoms with E-state index in [2.05, 4.69) is 39.3 Å². The number of rotatable bonds is 7. The molecule has 0 spiro atoms. The smallest absolute Gasteiger partial charge is 0.261 e. The lowest BCUT2D eigenvalue weighted by molar-refractivity contribution is 0.261. The molecule has 0 unspecified atom stereocenters. The van der Waals surface area contributed by atoms with E-state index in [1.165, 1.54) is 0 Å². The zero-order valence-electron chi connectivity index (χ0n) is 14.9. The van der Waals surface area contributed by atoms with Crippen LogP contribution >= 0.6 is 11.6 Å². The number of aryl methyl sites for hydroxylation is 1. The Kier molecular flexibility index (Phi) is 5.68. The summed E-state index contributed by atoms with van der Waals surface area (Å²) in [6.07, 6.45) is 3.43. The predicted octanol–water partition coefficient (Wildman–Crippen LogP) is 4.14. The van der Waals surface area contributed by atoms with Crippen LogP contribution in [-0.2, 0) is 6.54 Å². The van der Waals surface area contributed by atoms with Gasteiger partial charge in [0.2, 0.25) is 5.88 Å². The highest BCUT2D eigenvalue weighted by molar-refractivity contribution is 6.31. The van der Waals surface area contributed by atoms with E-state index < -0.39 is 0 Å². The van der Waals surface area contributed by atoms with E-state index in [0.29, 0.717) is 47.5 Å². The number of halogens is 1. The molecule has 26 heavy (non-hydrogen) atoms. The number of hydrogen-bond donors (Lipinski definition) is 1. The van der Waals surface area contributed by atoms with Crippen LogP contribution in [0.4, 0.5) is 5.82 Å². The van der Waals surface area contributed by atoms with E-state index in [1.807, 2.05) is 18.2 Å². The molecule has 0 aliphatic rings. The monoisotopic (exact) mass is 373 g/mol. The Morgan fingerprint density at radius 2 is 2.15 bits per heavy atom. The van der Waals surface area contributed by atoms with Gasteiger partial charge in [-0.1, -0.05) is 30.6 Å². The summed E-state index contributed by atoms with van der Waals surface area (Å²) in [5.74, 6) is 2.50. The minimum atomic E-state index is 0.408. The van der Waals surface area contributed by atoms with E-state index >= 15 is 0 Å². The highest BCUT2D eigenvalue weighted by Crippen LogP contribution is 2.26. The van der Waals surface area contributed by atoms with Gasteiger partial charge in [-0.15, -0.1) is 0 Å². The van der Waals surface area contributed by atoms with Gasteiger partial charge < -0.3 is 14.6 Å². The first-order chi connectivity index (χ1) is 12.5. The molecule has 0 amide bonds. The molecule has 136 valence electrons. The van der Waals surface area contributed by atoms with Crippen LogP contribution in [-0.4, -0.2) is 26.7 Å². The molecule has 0 radical (unpaired) electrons. The normalized spacial score (nSPS) is 11.0. The number of anilines is 1. The first kappa shape index (κ1) is 18.1. The fourth-order valence-corrected chi connectivity index (χ4v) is 2.47. The second-order valence-electron chi connectivity index (χ2n) is 6.24. The minimum Gasteiger partial charge on any atom is -0.476 e. The molecule has 3 heterocycles. The number of pyridine rings is 2. The van der Waals surface area contributed by atoms with Crippen molar-refractivity contribution in [3.8, 4) is 17.3 Å². The van der Waals surface area contributed by atoms with E-state index in [1.54, 1.807) is 19.3 Å². The summed E-state index contributed by atoms with van der Waals surface area (Å²) < 4.78 is 10.8. The molecule has 3 aromatic rings. The molecule has 8 heteroatoms. The number of nitrogens with one attached hydrogen (secondary N) is 1. The van der Waals surface area contributed by atoms with Crippen molar-refractivity contribution >= 4 is 17.4 Å². The van der Waals surface area contributed by atoms with Crippen LogP contribution in [0.1, 0.15) is 25.2 Å². The first-order valence-electron chi connectivity index (χ1n) is 8.29. The van der Waals surface area contributed by atoms with Crippen LogP contribution in [0.15, 0.2) is 35.1 Å². The minimum absolute atomic E-state index is 0.408. The van der Waals surface area contributed by atoms with Crippen LogP contribution < -0.4 is 10.1 Å². The molecule has 3 rings (SSSR count). The van der Waals surface area contributed by atoms with Crippen molar-refractivity contribution in [2.45, 2.75) is 27.3 Å². The topological polar surface area (TPSA) is 86.0 Å². The molecule has 0 fully saturated rings. The Labute approximate surface area is 156 Å². The fourth-order valence-electron chi connectivity index (χ4n) is 2.22. The Morgan fingerprint density at radius 3 is 2.85 bits per heavy atom.